The lowest BCUT2D eigenvalue weighted by Crippen LogP contribution is -1.91. The summed E-state index contributed by atoms with van der Waals surface area (Å²) in [6.45, 7) is 1.58. The van der Waals surface area contributed by atoms with E-state index in [2.05, 4.69) is 15.9 Å². The lowest BCUT2D eigenvalue weighted by Gasteiger charge is -1.99. The number of Topliss-reactive ketones (excluding diaryl/α,β-unsaturated/α-hetero) is 1. The van der Waals surface area contributed by atoms with E-state index in [1.807, 2.05) is 60.7 Å². The first kappa shape index (κ1) is 12.8. The summed E-state index contributed by atoms with van der Waals surface area (Å²) in [4.78, 5) is 11.3. The molecule has 0 heterocycles. The Labute approximate surface area is 115 Å². The van der Waals surface area contributed by atoms with Gasteiger partial charge in [-0.2, -0.15) is 0 Å². The maximum Gasteiger partial charge on any atom is 0.159 e. The SMILES string of the molecule is CC(=O)c1cccc(/C=C/c2ccccc2Br)c1. The van der Waals surface area contributed by atoms with Crippen molar-refractivity contribution in [2.24, 2.45) is 0 Å². The predicted molar refractivity (Wildman–Crippen MR) is 79.5 cm³/mol. The average molecular weight is 301 g/mol. The lowest BCUT2D eigenvalue weighted by atomic mass is 10.1. The van der Waals surface area contributed by atoms with Gasteiger partial charge >= 0.3 is 0 Å². The van der Waals surface area contributed by atoms with Gasteiger partial charge in [0.2, 0.25) is 0 Å². The quantitative estimate of drug-likeness (QED) is 0.586. The highest BCUT2D eigenvalue weighted by Crippen LogP contribution is 2.19. The van der Waals surface area contributed by atoms with Crippen molar-refractivity contribution in [2.45, 2.75) is 6.92 Å². The van der Waals surface area contributed by atoms with Crippen LogP contribution in [0.1, 0.15) is 28.4 Å². The van der Waals surface area contributed by atoms with Crippen molar-refractivity contribution in [3.05, 3.63) is 69.7 Å². The van der Waals surface area contributed by atoms with Gasteiger partial charge in [-0.3, -0.25) is 4.79 Å². The zero-order chi connectivity index (χ0) is 13.0. The van der Waals surface area contributed by atoms with Crippen molar-refractivity contribution < 1.29 is 4.79 Å². The Morgan fingerprint density at radius 1 is 1.06 bits per heavy atom. The summed E-state index contributed by atoms with van der Waals surface area (Å²) < 4.78 is 1.06. The minimum atomic E-state index is 0.0890. The van der Waals surface area contributed by atoms with E-state index in [-0.39, 0.29) is 5.78 Å². The molecule has 2 aromatic carbocycles. The first-order valence-corrected chi connectivity index (χ1v) is 6.50. The molecule has 2 aromatic rings. The van der Waals surface area contributed by atoms with Gasteiger partial charge in [0.25, 0.3) is 0 Å². The highest BCUT2D eigenvalue weighted by molar-refractivity contribution is 9.10. The van der Waals surface area contributed by atoms with Gasteiger partial charge in [0.1, 0.15) is 0 Å². The molecule has 0 unspecified atom stereocenters. The molecule has 0 saturated carbocycles. The van der Waals surface area contributed by atoms with Gasteiger partial charge in [-0.1, -0.05) is 64.5 Å². The third kappa shape index (κ3) is 3.17. The van der Waals surface area contributed by atoms with E-state index in [0.29, 0.717) is 0 Å². The summed E-state index contributed by atoms with van der Waals surface area (Å²) in [7, 11) is 0. The number of carbonyl (C=O) groups excluding carboxylic acids is 1. The minimum Gasteiger partial charge on any atom is -0.295 e. The number of hydrogen-bond donors (Lipinski definition) is 0. The van der Waals surface area contributed by atoms with E-state index in [9.17, 15) is 4.79 Å². The normalized spacial score (nSPS) is 10.8. The second-order valence-electron chi connectivity index (χ2n) is 4.04. The molecule has 2 rings (SSSR count). The average Bonchev–Trinajstić information content (AvgIpc) is 2.38. The monoisotopic (exact) mass is 300 g/mol. The second kappa shape index (κ2) is 5.78. The second-order valence-corrected chi connectivity index (χ2v) is 4.89. The molecule has 2 heteroatoms. The van der Waals surface area contributed by atoms with Crippen LogP contribution in [0, 0.1) is 0 Å². The van der Waals surface area contributed by atoms with E-state index in [1.54, 1.807) is 6.92 Å². The van der Waals surface area contributed by atoms with Crippen molar-refractivity contribution >= 4 is 33.9 Å². The van der Waals surface area contributed by atoms with Crippen LogP contribution in [0.4, 0.5) is 0 Å². The molecule has 0 amide bonds. The molecule has 0 bridgehead atoms. The summed E-state index contributed by atoms with van der Waals surface area (Å²) in [5, 5.41) is 0. The maximum absolute atomic E-state index is 11.3. The first-order chi connectivity index (χ1) is 8.66. The zero-order valence-corrected chi connectivity index (χ0v) is 11.6. The van der Waals surface area contributed by atoms with Crippen LogP contribution in [0.2, 0.25) is 0 Å². The van der Waals surface area contributed by atoms with Crippen molar-refractivity contribution in [1.82, 2.24) is 0 Å². The summed E-state index contributed by atoms with van der Waals surface area (Å²) in [5.41, 5.74) is 2.88. The molecule has 0 radical (unpaired) electrons. The fraction of sp³-hybridized carbons (Fsp3) is 0.0625. The van der Waals surface area contributed by atoms with Crippen LogP contribution in [0.5, 0.6) is 0 Å². The number of carbonyl (C=O) groups is 1. The van der Waals surface area contributed by atoms with Crippen LogP contribution in [0.25, 0.3) is 12.2 Å². The molecule has 1 nitrogen and oxygen atoms in total. The van der Waals surface area contributed by atoms with Crippen molar-refractivity contribution in [2.75, 3.05) is 0 Å². The summed E-state index contributed by atoms with van der Waals surface area (Å²) in [6.07, 6.45) is 4.04. The van der Waals surface area contributed by atoms with Crippen molar-refractivity contribution in [3.63, 3.8) is 0 Å². The van der Waals surface area contributed by atoms with E-state index >= 15 is 0 Å². The molecule has 18 heavy (non-hydrogen) atoms. The van der Waals surface area contributed by atoms with Gasteiger partial charge in [-0.05, 0) is 30.2 Å². The molecular weight excluding hydrogens is 288 g/mol. The van der Waals surface area contributed by atoms with E-state index in [0.717, 1.165) is 21.2 Å². The summed E-state index contributed by atoms with van der Waals surface area (Å²) >= 11 is 3.50. The molecule has 0 fully saturated rings. The number of rotatable bonds is 3. The molecule has 0 aliphatic carbocycles. The zero-order valence-electron chi connectivity index (χ0n) is 10.1. The van der Waals surface area contributed by atoms with Crippen molar-refractivity contribution in [1.29, 1.82) is 0 Å². The van der Waals surface area contributed by atoms with Gasteiger partial charge in [0.05, 0.1) is 0 Å². The van der Waals surface area contributed by atoms with Crippen molar-refractivity contribution in [3.8, 4) is 0 Å². The summed E-state index contributed by atoms with van der Waals surface area (Å²) in [6, 6.07) is 15.6. The number of halogens is 1. The number of benzene rings is 2. The fourth-order valence-electron chi connectivity index (χ4n) is 1.66. The summed E-state index contributed by atoms with van der Waals surface area (Å²) in [5.74, 6) is 0.0890. The molecular formula is C16H13BrO. The predicted octanol–water partition coefficient (Wildman–Crippen LogP) is 4.82. The Kier molecular flexibility index (Phi) is 4.11. The van der Waals surface area contributed by atoms with Crippen LogP contribution in [-0.2, 0) is 0 Å². The molecule has 0 saturated heterocycles. The number of ketones is 1. The third-order valence-corrected chi connectivity index (χ3v) is 3.38. The molecule has 90 valence electrons. The molecule has 0 aliphatic heterocycles. The smallest absolute Gasteiger partial charge is 0.159 e. The Hall–Kier alpha value is -1.67. The third-order valence-electron chi connectivity index (χ3n) is 2.65. The Morgan fingerprint density at radius 2 is 1.83 bits per heavy atom. The molecule has 0 spiro atoms. The minimum absolute atomic E-state index is 0.0890. The largest absolute Gasteiger partial charge is 0.295 e. The molecule has 0 atom stereocenters. The van der Waals surface area contributed by atoms with Gasteiger partial charge < -0.3 is 0 Å². The first-order valence-electron chi connectivity index (χ1n) is 5.70. The highest BCUT2D eigenvalue weighted by atomic mass is 79.9. The number of hydrogen-bond acceptors (Lipinski definition) is 1. The van der Waals surface area contributed by atoms with Crippen LogP contribution >= 0.6 is 15.9 Å². The Morgan fingerprint density at radius 3 is 2.56 bits per heavy atom. The van der Waals surface area contributed by atoms with Gasteiger partial charge in [0, 0.05) is 10.0 Å². The standard InChI is InChI=1S/C16H13BrO/c1-12(18)15-7-4-5-13(11-15)9-10-14-6-2-3-8-16(14)17/h2-11H,1H3/b10-9+. The van der Waals surface area contributed by atoms with E-state index in [1.165, 1.54) is 0 Å². The highest BCUT2D eigenvalue weighted by Gasteiger charge is 1.98. The Bertz CT molecular complexity index is 600. The van der Waals surface area contributed by atoms with Crippen LogP contribution in [-0.4, -0.2) is 5.78 Å². The van der Waals surface area contributed by atoms with E-state index < -0.39 is 0 Å². The lowest BCUT2D eigenvalue weighted by molar-refractivity contribution is 0.101. The van der Waals surface area contributed by atoms with Crippen LogP contribution in [0.3, 0.4) is 0 Å². The van der Waals surface area contributed by atoms with Crippen LogP contribution in [0.15, 0.2) is 53.0 Å². The van der Waals surface area contributed by atoms with Gasteiger partial charge in [-0.15, -0.1) is 0 Å². The van der Waals surface area contributed by atoms with Gasteiger partial charge in [0.15, 0.2) is 5.78 Å². The Balaban J connectivity index is 2.27. The molecule has 0 N–H and O–H groups in total. The fourth-order valence-corrected chi connectivity index (χ4v) is 2.07. The van der Waals surface area contributed by atoms with E-state index in [4.69, 9.17) is 0 Å². The molecule has 0 aromatic heterocycles. The maximum atomic E-state index is 11.3. The van der Waals surface area contributed by atoms with Gasteiger partial charge in [-0.25, -0.2) is 0 Å². The molecule has 0 aliphatic rings. The topological polar surface area (TPSA) is 17.1 Å². The van der Waals surface area contributed by atoms with Crippen LogP contribution < -0.4 is 0 Å².